The van der Waals surface area contributed by atoms with E-state index in [1.54, 1.807) is 0 Å². The minimum absolute atomic E-state index is 0.00496. The molecule has 0 radical (unpaired) electrons. The molecule has 0 aromatic carbocycles. The van der Waals surface area contributed by atoms with Crippen LogP contribution in [0.1, 0.15) is 47.0 Å². The zero-order chi connectivity index (χ0) is 14.7. The lowest BCUT2D eigenvalue weighted by molar-refractivity contribution is 0.0476. The Kier molecular flexibility index (Phi) is 5.32. The van der Waals surface area contributed by atoms with Gasteiger partial charge >= 0.3 is 0 Å². The molecule has 1 aliphatic heterocycles. The van der Waals surface area contributed by atoms with Crippen molar-refractivity contribution < 1.29 is 9.53 Å². The molecule has 4 nitrogen and oxygen atoms in total. The summed E-state index contributed by atoms with van der Waals surface area (Å²) >= 11 is 0. The summed E-state index contributed by atoms with van der Waals surface area (Å²) in [4.78, 5) is 0. The fourth-order valence-corrected chi connectivity index (χ4v) is 3.56. The molecule has 112 valence electrons. The first-order valence-electron chi connectivity index (χ1n) is 7.36. The molecule has 0 amide bonds. The second-order valence-corrected chi connectivity index (χ2v) is 11.9. The Bertz CT molecular complexity index is 326. The predicted octanol–water partition coefficient (Wildman–Crippen LogP) is 3.76. The Balaban J connectivity index is 2.93. The van der Waals surface area contributed by atoms with Crippen LogP contribution < -0.4 is 0 Å². The molecule has 1 N–H and O–H groups in total. The lowest BCUT2D eigenvalue weighted by atomic mass is 9.89. The van der Waals surface area contributed by atoms with Crippen LogP contribution in [0.4, 0.5) is 0 Å². The van der Waals surface area contributed by atoms with Gasteiger partial charge in [-0.15, -0.1) is 0 Å². The maximum atomic E-state index is 9.79. The number of aliphatic hydroxyl groups is 1. The molecule has 5 heteroatoms. The van der Waals surface area contributed by atoms with Gasteiger partial charge in [0.25, 0.3) is 0 Å². The lowest BCUT2D eigenvalue weighted by Gasteiger charge is -2.43. The molecule has 0 spiro atoms. The smallest absolute Gasteiger partial charge is 0.192 e. The molecule has 19 heavy (non-hydrogen) atoms. The molecule has 0 fully saturated rings. The van der Waals surface area contributed by atoms with Crippen molar-refractivity contribution in [3.05, 3.63) is 0 Å². The van der Waals surface area contributed by atoms with Gasteiger partial charge in [-0.05, 0) is 24.6 Å². The van der Waals surface area contributed by atoms with Crippen LogP contribution in [0.3, 0.4) is 0 Å². The highest BCUT2D eigenvalue weighted by atomic mass is 28.4. The van der Waals surface area contributed by atoms with E-state index in [2.05, 4.69) is 51.0 Å². The normalized spacial score (nSPS) is 25.8. The summed E-state index contributed by atoms with van der Waals surface area (Å²) in [5.74, 6) is 0. The molecule has 0 aromatic heterocycles. The minimum atomic E-state index is -1.85. The van der Waals surface area contributed by atoms with Crippen LogP contribution in [0.2, 0.25) is 18.1 Å². The van der Waals surface area contributed by atoms with Crippen LogP contribution in [0.15, 0.2) is 10.2 Å². The van der Waals surface area contributed by atoms with Gasteiger partial charge in [0.15, 0.2) is 8.32 Å². The summed E-state index contributed by atoms with van der Waals surface area (Å²) in [7, 11) is -1.85. The van der Waals surface area contributed by atoms with E-state index < -0.39 is 13.9 Å². The number of hydrogen-bond donors (Lipinski definition) is 1. The van der Waals surface area contributed by atoms with Gasteiger partial charge in [0.1, 0.15) is 5.54 Å². The van der Waals surface area contributed by atoms with Gasteiger partial charge < -0.3 is 9.53 Å². The van der Waals surface area contributed by atoms with Crippen LogP contribution in [-0.2, 0) is 4.43 Å². The van der Waals surface area contributed by atoms with Crippen molar-refractivity contribution in [1.29, 1.82) is 0 Å². The summed E-state index contributed by atoms with van der Waals surface area (Å²) in [5.41, 5.74) is -0.495. The topological polar surface area (TPSA) is 54.2 Å². The van der Waals surface area contributed by atoms with Crippen molar-refractivity contribution >= 4 is 8.32 Å². The summed E-state index contributed by atoms with van der Waals surface area (Å²) < 4.78 is 6.55. The number of rotatable bonds is 6. The molecule has 0 saturated heterocycles. The molecule has 0 unspecified atom stereocenters. The molecular weight excluding hydrogens is 256 g/mol. The van der Waals surface area contributed by atoms with Crippen LogP contribution in [-0.4, -0.2) is 38.2 Å². The molecule has 0 saturated carbocycles. The van der Waals surface area contributed by atoms with E-state index in [0.29, 0.717) is 6.54 Å². The summed E-state index contributed by atoms with van der Waals surface area (Å²) in [6, 6.07) is 0. The fourth-order valence-electron chi connectivity index (χ4n) is 2.15. The standard InChI is InChI=1S/C14H30N2O2Si/c1-7-8-12(14(11-17)9-10-15-16-14)18-19(5,6)13(2,3)4/h12,17H,7-11H2,1-6H3/t12-,14-/m1/s1. The SMILES string of the molecule is CCC[C@@H](O[Si](C)(C)C(C)(C)C)[C@]1(CO)CCN=N1. The van der Waals surface area contributed by atoms with Crippen LogP contribution >= 0.6 is 0 Å². The van der Waals surface area contributed by atoms with E-state index in [9.17, 15) is 5.11 Å². The van der Waals surface area contributed by atoms with E-state index >= 15 is 0 Å². The predicted molar refractivity (Wildman–Crippen MR) is 81.1 cm³/mol. The van der Waals surface area contributed by atoms with Crippen LogP contribution in [0, 0.1) is 0 Å². The van der Waals surface area contributed by atoms with Crippen molar-refractivity contribution in [3.63, 3.8) is 0 Å². The second kappa shape index (κ2) is 6.02. The zero-order valence-corrected chi connectivity index (χ0v) is 14.4. The van der Waals surface area contributed by atoms with E-state index in [1.807, 2.05) is 0 Å². The van der Waals surface area contributed by atoms with E-state index in [0.717, 1.165) is 19.3 Å². The summed E-state index contributed by atoms with van der Waals surface area (Å²) in [5, 5.41) is 18.4. The van der Waals surface area contributed by atoms with Gasteiger partial charge in [-0.25, -0.2) is 0 Å². The largest absolute Gasteiger partial charge is 0.411 e. The number of nitrogens with zero attached hydrogens (tertiary/aromatic N) is 2. The van der Waals surface area contributed by atoms with Crippen molar-refractivity contribution in [1.82, 2.24) is 0 Å². The third-order valence-electron chi connectivity index (χ3n) is 4.58. The highest BCUT2D eigenvalue weighted by Crippen LogP contribution is 2.41. The maximum Gasteiger partial charge on any atom is 0.192 e. The molecule has 1 heterocycles. The van der Waals surface area contributed by atoms with Crippen LogP contribution in [0.5, 0.6) is 0 Å². The Morgan fingerprint density at radius 2 is 2.00 bits per heavy atom. The van der Waals surface area contributed by atoms with Gasteiger partial charge in [0.2, 0.25) is 0 Å². The summed E-state index contributed by atoms with van der Waals surface area (Å²) in [6.45, 7) is 14.1. The lowest BCUT2D eigenvalue weighted by Crippen LogP contribution is -2.52. The Hall–Kier alpha value is -0.263. The van der Waals surface area contributed by atoms with Gasteiger partial charge in [-0.2, -0.15) is 10.2 Å². The molecule has 2 atom stereocenters. The van der Waals surface area contributed by atoms with Gasteiger partial charge in [0.05, 0.1) is 19.3 Å². The fraction of sp³-hybridized carbons (Fsp3) is 1.00. The number of aliphatic hydroxyl groups excluding tert-OH is 1. The molecular formula is C14H30N2O2Si. The van der Waals surface area contributed by atoms with Gasteiger partial charge in [0, 0.05) is 6.42 Å². The van der Waals surface area contributed by atoms with Crippen molar-refractivity contribution in [2.75, 3.05) is 13.2 Å². The molecule has 0 aromatic rings. The third kappa shape index (κ3) is 3.64. The first kappa shape index (κ1) is 16.8. The summed E-state index contributed by atoms with van der Waals surface area (Å²) in [6.07, 6.45) is 2.78. The van der Waals surface area contributed by atoms with E-state index in [4.69, 9.17) is 4.43 Å². The number of hydrogen-bond acceptors (Lipinski definition) is 4. The number of azo groups is 1. The molecule has 0 aliphatic carbocycles. The van der Waals surface area contributed by atoms with Crippen molar-refractivity contribution in [3.8, 4) is 0 Å². The average molecular weight is 286 g/mol. The average Bonchev–Trinajstić information content (AvgIpc) is 2.76. The monoisotopic (exact) mass is 286 g/mol. The molecule has 1 rings (SSSR count). The molecule has 1 aliphatic rings. The molecule has 0 bridgehead atoms. The highest BCUT2D eigenvalue weighted by Gasteiger charge is 2.47. The quantitative estimate of drug-likeness (QED) is 0.756. The first-order chi connectivity index (χ1) is 8.68. The van der Waals surface area contributed by atoms with E-state index in [-0.39, 0.29) is 17.7 Å². The maximum absolute atomic E-state index is 9.79. The van der Waals surface area contributed by atoms with Gasteiger partial charge in [-0.3, -0.25) is 0 Å². The van der Waals surface area contributed by atoms with Crippen molar-refractivity contribution in [2.24, 2.45) is 10.2 Å². The zero-order valence-electron chi connectivity index (χ0n) is 13.4. The Morgan fingerprint density at radius 1 is 1.37 bits per heavy atom. The second-order valence-electron chi connectivity index (χ2n) is 7.13. The Labute approximate surface area is 118 Å². The van der Waals surface area contributed by atoms with Gasteiger partial charge in [-0.1, -0.05) is 34.1 Å². The van der Waals surface area contributed by atoms with Crippen LogP contribution in [0.25, 0.3) is 0 Å². The van der Waals surface area contributed by atoms with Crippen molar-refractivity contribution in [2.45, 2.75) is 76.7 Å². The minimum Gasteiger partial charge on any atom is -0.411 e. The first-order valence-corrected chi connectivity index (χ1v) is 10.3. The Morgan fingerprint density at radius 3 is 2.37 bits per heavy atom. The third-order valence-corrected chi connectivity index (χ3v) is 9.07. The van der Waals surface area contributed by atoms with E-state index in [1.165, 1.54) is 0 Å². The highest BCUT2D eigenvalue weighted by molar-refractivity contribution is 6.74.